The lowest BCUT2D eigenvalue weighted by Crippen LogP contribution is -2.20. The van der Waals surface area contributed by atoms with E-state index in [4.69, 9.17) is 11.2 Å². The van der Waals surface area contributed by atoms with Gasteiger partial charge in [-0.3, -0.25) is 0 Å². The monoisotopic (exact) mass is 534 g/mol. The average Bonchev–Trinajstić information content (AvgIpc) is 2.73. The van der Waals surface area contributed by atoms with Crippen molar-refractivity contribution in [2.45, 2.75) is 26.2 Å². The van der Waals surface area contributed by atoms with Crippen LogP contribution < -0.4 is 10.2 Å². The highest BCUT2D eigenvalue weighted by molar-refractivity contribution is 14.1. The Hall–Kier alpha value is -2.53. The molecule has 0 fully saturated rings. The molecule has 0 aliphatic carbocycles. The minimum absolute atomic E-state index is 0.265. The van der Waals surface area contributed by atoms with E-state index in [1.54, 1.807) is 23.2 Å². The molecular weight excluding hydrogens is 509 g/mol. The van der Waals surface area contributed by atoms with E-state index in [0.29, 0.717) is 47.2 Å². The quantitative estimate of drug-likeness (QED) is 0.290. The van der Waals surface area contributed by atoms with Crippen LogP contribution in [0, 0.1) is 33.5 Å². The SMILES string of the molecule is C#CCCC(CC)COC1=CN(C)c2cc(F)cc(Nc3ccc(I)cc3F)c2C1=C. The molecule has 1 aliphatic rings. The van der Waals surface area contributed by atoms with Crippen molar-refractivity contribution < 1.29 is 13.5 Å². The van der Waals surface area contributed by atoms with E-state index >= 15 is 0 Å². The van der Waals surface area contributed by atoms with E-state index in [-0.39, 0.29) is 5.69 Å². The van der Waals surface area contributed by atoms with E-state index in [1.165, 1.54) is 18.2 Å². The first-order valence-electron chi connectivity index (χ1n) is 10.1. The second-order valence-electron chi connectivity index (χ2n) is 7.51. The van der Waals surface area contributed by atoms with Crippen LogP contribution in [0.25, 0.3) is 5.57 Å². The first-order chi connectivity index (χ1) is 14.8. The van der Waals surface area contributed by atoms with Gasteiger partial charge in [0.2, 0.25) is 0 Å². The highest BCUT2D eigenvalue weighted by Crippen LogP contribution is 2.42. The fourth-order valence-electron chi connectivity index (χ4n) is 3.49. The molecule has 3 nitrogen and oxygen atoms in total. The normalized spacial score (nSPS) is 13.9. The van der Waals surface area contributed by atoms with Crippen molar-refractivity contribution in [2.75, 3.05) is 23.9 Å². The van der Waals surface area contributed by atoms with Gasteiger partial charge >= 0.3 is 0 Å². The highest BCUT2D eigenvalue weighted by Gasteiger charge is 2.25. The molecule has 1 unspecified atom stereocenters. The van der Waals surface area contributed by atoms with Gasteiger partial charge in [-0.05, 0) is 65.3 Å². The third kappa shape index (κ3) is 5.40. The van der Waals surface area contributed by atoms with Crippen molar-refractivity contribution in [2.24, 2.45) is 5.92 Å². The highest BCUT2D eigenvalue weighted by atomic mass is 127. The molecule has 1 atom stereocenters. The standard InChI is InChI=1S/C25H25F2IN2O/c1-5-7-8-17(6-2)15-31-24-14-30(4)23-12-18(26)11-22(25(23)16(24)3)29-21-10-9-19(28)13-20(21)27/h1,9-14,17,29H,3,6-8,15H2,2,4H3. The maximum absolute atomic E-state index is 14.4. The number of rotatable bonds is 8. The van der Waals surface area contributed by atoms with Crippen LogP contribution in [-0.4, -0.2) is 13.7 Å². The number of nitrogens with zero attached hydrogens (tertiary/aromatic N) is 1. The van der Waals surface area contributed by atoms with Crippen LogP contribution in [0.5, 0.6) is 0 Å². The van der Waals surface area contributed by atoms with Crippen molar-refractivity contribution in [1.82, 2.24) is 0 Å². The Morgan fingerprint density at radius 2 is 2.03 bits per heavy atom. The van der Waals surface area contributed by atoms with Gasteiger partial charge in [0.1, 0.15) is 17.4 Å². The zero-order valence-electron chi connectivity index (χ0n) is 17.6. The molecule has 0 amide bonds. The van der Waals surface area contributed by atoms with Crippen molar-refractivity contribution in [1.29, 1.82) is 0 Å². The van der Waals surface area contributed by atoms with Gasteiger partial charge in [-0.25, -0.2) is 8.78 Å². The van der Waals surface area contributed by atoms with Crippen LogP contribution in [0.15, 0.2) is 48.9 Å². The Kier molecular flexibility index (Phi) is 7.60. The van der Waals surface area contributed by atoms with E-state index in [2.05, 4.69) is 24.7 Å². The molecule has 3 rings (SSSR count). The topological polar surface area (TPSA) is 24.5 Å². The molecule has 0 spiro atoms. The molecule has 0 saturated heterocycles. The van der Waals surface area contributed by atoms with E-state index in [9.17, 15) is 8.78 Å². The number of allylic oxidation sites excluding steroid dienone is 1. The summed E-state index contributed by atoms with van der Waals surface area (Å²) < 4.78 is 35.7. The third-order valence-corrected chi connectivity index (χ3v) is 5.99. The summed E-state index contributed by atoms with van der Waals surface area (Å²) in [5.41, 5.74) is 2.62. The van der Waals surface area contributed by atoms with Gasteiger partial charge in [-0.2, -0.15) is 0 Å². The molecule has 0 radical (unpaired) electrons. The molecule has 0 aromatic heterocycles. The number of halogens is 3. The van der Waals surface area contributed by atoms with Crippen LogP contribution in [0.2, 0.25) is 0 Å². The largest absolute Gasteiger partial charge is 0.491 e. The zero-order chi connectivity index (χ0) is 22.5. The summed E-state index contributed by atoms with van der Waals surface area (Å²) in [4.78, 5) is 1.79. The Morgan fingerprint density at radius 3 is 2.71 bits per heavy atom. The van der Waals surface area contributed by atoms with Gasteiger partial charge in [0.15, 0.2) is 0 Å². The van der Waals surface area contributed by atoms with Crippen molar-refractivity contribution in [3.05, 3.63) is 69.6 Å². The minimum atomic E-state index is -0.426. The average molecular weight is 534 g/mol. The van der Waals surface area contributed by atoms with Crippen LogP contribution in [-0.2, 0) is 4.74 Å². The number of anilines is 3. The zero-order valence-corrected chi connectivity index (χ0v) is 19.8. The van der Waals surface area contributed by atoms with Gasteiger partial charge < -0.3 is 15.0 Å². The fraction of sp³-hybridized carbons (Fsp3) is 0.280. The molecule has 6 heteroatoms. The summed E-state index contributed by atoms with van der Waals surface area (Å²) in [5.74, 6) is 2.78. The van der Waals surface area contributed by atoms with Gasteiger partial charge in [-0.15, -0.1) is 12.3 Å². The third-order valence-electron chi connectivity index (χ3n) is 5.32. The maximum atomic E-state index is 14.4. The van der Waals surface area contributed by atoms with Crippen molar-refractivity contribution >= 4 is 45.2 Å². The summed E-state index contributed by atoms with van der Waals surface area (Å²) in [7, 11) is 1.82. The van der Waals surface area contributed by atoms with Crippen molar-refractivity contribution in [3.8, 4) is 12.3 Å². The maximum Gasteiger partial charge on any atom is 0.147 e. The molecule has 2 aromatic carbocycles. The summed E-state index contributed by atoms with van der Waals surface area (Å²) in [6.07, 6.45) is 9.74. The number of terminal acetylenes is 1. The lowest BCUT2D eigenvalue weighted by atomic mass is 9.97. The van der Waals surface area contributed by atoms with Gasteiger partial charge in [0.05, 0.1) is 23.7 Å². The molecule has 2 aromatic rings. The summed E-state index contributed by atoms with van der Waals surface area (Å²) in [5, 5.41) is 3.03. The smallest absolute Gasteiger partial charge is 0.147 e. The van der Waals surface area contributed by atoms with Gasteiger partial charge in [-0.1, -0.05) is 19.9 Å². The summed E-state index contributed by atoms with van der Waals surface area (Å²) in [6, 6.07) is 7.62. The van der Waals surface area contributed by atoms with E-state index < -0.39 is 11.6 Å². The molecule has 0 bridgehead atoms. The summed E-state index contributed by atoms with van der Waals surface area (Å²) >= 11 is 2.04. The number of benzene rings is 2. The Bertz CT molecular complexity index is 1060. The molecule has 31 heavy (non-hydrogen) atoms. The number of hydrogen-bond donors (Lipinski definition) is 1. The fourth-order valence-corrected chi connectivity index (χ4v) is 3.95. The lowest BCUT2D eigenvalue weighted by molar-refractivity contribution is 0.169. The first kappa shape index (κ1) is 23.1. The van der Waals surface area contributed by atoms with Crippen LogP contribution in [0.4, 0.5) is 25.8 Å². The molecule has 1 N–H and O–H groups in total. The number of fused-ring (bicyclic) bond motifs is 1. The Labute approximate surface area is 196 Å². The predicted molar refractivity (Wildman–Crippen MR) is 132 cm³/mol. The van der Waals surface area contributed by atoms with E-state index in [0.717, 1.165) is 16.4 Å². The molecule has 0 saturated carbocycles. The minimum Gasteiger partial charge on any atom is -0.491 e. The number of nitrogens with one attached hydrogen (secondary N) is 1. The van der Waals surface area contributed by atoms with Crippen LogP contribution in [0.1, 0.15) is 31.7 Å². The summed E-state index contributed by atoms with van der Waals surface area (Å²) in [6.45, 7) is 6.82. The Morgan fingerprint density at radius 1 is 1.26 bits per heavy atom. The van der Waals surface area contributed by atoms with Crippen LogP contribution >= 0.6 is 22.6 Å². The number of hydrogen-bond acceptors (Lipinski definition) is 3. The molecule has 1 heterocycles. The molecular formula is C25H25F2IN2O. The van der Waals surface area contributed by atoms with E-state index in [1.807, 2.05) is 29.6 Å². The first-order valence-corrected chi connectivity index (χ1v) is 11.2. The predicted octanol–water partition coefficient (Wildman–Crippen LogP) is 7.07. The lowest BCUT2D eigenvalue weighted by Gasteiger charge is -2.30. The Balaban J connectivity index is 1.90. The van der Waals surface area contributed by atoms with Gasteiger partial charge in [0, 0.05) is 34.4 Å². The van der Waals surface area contributed by atoms with Gasteiger partial charge in [0.25, 0.3) is 0 Å². The van der Waals surface area contributed by atoms with Crippen molar-refractivity contribution in [3.63, 3.8) is 0 Å². The number of ether oxygens (including phenoxy) is 1. The molecule has 1 aliphatic heterocycles. The van der Waals surface area contributed by atoms with Crippen LogP contribution in [0.3, 0.4) is 0 Å². The second-order valence-corrected chi connectivity index (χ2v) is 8.75. The second kappa shape index (κ2) is 10.2. The molecule has 162 valence electrons.